The molecule has 6 heteroatoms. The van der Waals surface area contributed by atoms with Gasteiger partial charge in [0.2, 0.25) is 0 Å². The zero-order valence-electron chi connectivity index (χ0n) is 17.1. The van der Waals surface area contributed by atoms with Crippen LogP contribution < -0.4 is 15.1 Å². The third kappa shape index (κ3) is 3.31. The first-order chi connectivity index (χ1) is 14.6. The number of nitrogens with zero attached hydrogens (tertiary/aromatic N) is 1. The first kappa shape index (κ1) is 19.0. The van der Waals surface area contributed by atoms with E-state index in [9.17, 15) is 9.90 Å². The first-order valence-corrected chi connectivity index (χ1v) is 10.5. The van der Waals surface area contributed by atoms with Crippen molar-refractivity contribution in [2.75, 3.05) is 26.3 Å². The van der Waals surface area contributed by atoms with E-state index in [-0.39, 0.29) is 5.75 Å². The standard InChI is InChI=1S/C24H25NO5/c1-15-17-6-7-19(26)18(14-25-9-3-2-4-10-25)23(17)30-24(27)22(15)16-5-8-20-21(13-16)29-12-11-28-20/h5-8,13,26H,2-4,9-12,14H2,1H3. The molecule has 0 atom stereocenters. The maximum Gasteiger partial charge on any atom is 0.344 e. The van der Waals surface area contributed by atoms with Gasteiger partial charge in [0.05, 0.1) is 11.1 Å². The Bertz CT molecular complexity index is 1160. The Morgan fingerprint density at radius 2 is 1.77 bits per heavy atom. The monoisotopic (exact) mass is 407 g/mol. The van der Waals surface area contributed by atoms with E-state index in [1.54, 1.807) is 6.07 Å². The van der Waals surface area contributed by atoms with Crippen LogP contribution in [-0.2, 0) is 6.54 Å². The molecule has 0 aliphatic carbocycles. The summed E-state index contributed by atoms with van der Waals surface area (Å²) in [5, 5.41) is 11.4. The van der Waals surface area contributed by atoms with Crippen molar-refractivity contribution in [2.24, 2.45) is 0 Å². The molecule has 0 spiro atoms. The molecule has 2 aliphatic rings. The van der Waals surface area contributed by atoms with Gasteiger partial charge in [0.15, 0.2) is 11.5 Å². The minimum atomic E-state index is -0.415. The van der Waals surface area contributed by atoms with E-state index in [2.05, 4.69) is 4.90 Å². The Morgan fingerprint density at radius 3 is 2.57 bits per heavy atom. The maximum absolute atomic E-state index is 13.0. The molecule has 0 bridgehead atoms. The van der Waals surface area contributed by atoms with E-state index in [0.29, 0.717) is 48.0 Å². The van der Waals surface area contributed by atoms with Gasteiger partial charge >= 0.3 is 5.63 Å². The second-order valence-corrected chi connectivity index (χ2v) is 8.02. The van der Waals surface area contributed by atoms with Gasteiger partial charge in [-0.25, -0.2) is 4.79 Å². The van der Waals surface area contributed by atoms with Gasteiger partial charge < -0.3 is 19.0 Å². The molecule has 156 valence electrons. The maximum atomic E-state index is 13.0. The van der Waals surface area contributed by atoms with Crippen molar-refractivity contribution in [3.63, 3.8) is 0 Å². The highest BCUT2D eigenvalue weighted by Crippen LogP contribution is 2.37. The van der Waals surface area contributed by atoms with Crippen molar-refractivity contribution in [3.8, 4) is 28.4 Å². The third-order valence-electron chi connectivity index (χ3n) is 6.07. The number of hydrogen-bond donors (Lipinski definition) is 1. The highest BCUT2D eigenvalue weighted by Gasteiger charge is 2.21. The van der Waals surface area contributed by atoms with Crippen LogP contribution in [0.25, 0.3) is 22.1 Å². The molecule has 30 heavy (non-hydrogen) atoms. The van der Waals surface area contributed by atoms with Crippen molar-refractivity contribution >= 4 is 11.0 Å². The minimum Gasteiger partial charge on any atom is -0.507 e. The number of aromatic hydroxyl groups is 1. The molecule has 5 rings (SSSR count). The molecule has 2 aliphatic heterocycles. The van der Waals surface area contributed by atoms with E-state index in [4.69, 9.17) is 13.9 Å². The Hall–Kier alpha value is -2.99. The van der Waals surface area contributed by atoms with Gasteiger partial charge in [0, 0.05) is 11.9 Å². The van der Waals surface area contributed by atoms with Crippen molar-refractivity contribution in [3.05, 3.63) is 51.9 Å². The van der Waals surface area contributed by atoms with Gasteiger partial charge in [0.25, 0.3) is 0 Å². The average Bonchev–Trinajstić information content (AvgIpc) is 2.76. The van der Waals surface area contributed by atoms with Crippen LogP contribution in [0.4, 0.5) is 0 Å². The lowest BCUT2D eigenvalue weighted by molar-refractivity contribution is 0.171. The van der Waals surface area contributed by atoms with Crippen LogP contribution in [0.2, 0.25) is 0 Å². The molecule has 0 saturated carbocycles. The lowest BCUT2D eigenvalue weighted by atomic mass is 9.97. The number of aryl methyl sites for hydroxylation is 1. The summed E-state index contributed by atoms with van der Waals surface area (Å²) >= 11 is 0. The first-order valence-electron chi connectivity index (χ1n) is 10.5. The molecule has 1 aromatic heterocycles. The van der Waals surface area contributed by atoms with Gasteiger partial charge in [-0.1, -0.05) is 12.5 Å². The van der Waals surface area contributed by atoms with Crippen molar-refractivity contribution in [2.45, 2.75) is 32.7 Å². The molecular formula is C24H25NO5. The Kier molecular flexibility index (Phi) is 4.87. The fourth-order valence-corrected chi connectivity index (χ4v) is 4.49. The number of ether oxygens (including phenoxy) is 2. The van der Waals surface area contributed by atoms with Crippen LogP contribution >= 0.6 is 0 Å². The summed E-state index contributed by atoms with van der Waals surface area (Å²) in [4.78, 5) is 15.4. The Balaban J connectivity index is 1.62. The topological polar surface area (TPSA) is 72.1 Å². The third-order valence-corrected chi connectivity index (χ3v) is 6.07. The van der Waals surface area contributed by atoms with Gasteiger partial charge in [0.1, 0.15) is 24.5 Å². The number of phenols is 1. The number of piperidine rings is 1. The van der Waals surface area contributed by atoms with Crippen LogP contribution in [0.15, 0.2) is 39.5 Å². The fourth-order valence-electron chi connectivity index (χ4n) is 4.49. The SMILES string of the molecule is Cc1c(-c2ccc3c(c2)OCCO3)c(=O)oc2c(CN3CCCCC3)c(O)ccc12. The molecule has 6 nitrogen and oxygen atoms in total. The molecule has 3 aromatic rings. The fraction of sp³-hybridized carbons (Fsp3) is 0.375. The largest absolute Gasteiger partial charge is 0.507 e. The predicted molar refractivity (Wildman–Crippen MR) is 114 cm³/mol. The van der Waals surface area contributed by atoms with Gasteiger partial charge in [-0.15, -0.1) is 0 Å². The van der Waals surface area contributed by atoms with Gasteiger partial charge in [-0.2, -0.15) is 0 Å². The summed E-state index contributed by atoms with van der Waals surface area (Å²) < 4.78 is 17.1. The molecule has 2 aromatic carbocycles. The van der Waals surface area contributed by atoms with E-state index < -0.39 is 5.63 Å². The summed E-state index contributed by atoms with van der Waals surface area (Å²) in [6.07, 6.45) is 3.55. The Morgan fingerprint density at radius 1 is 1.00 bits per heavy atom. The lowest BCUT2D eigenvalue weighted by Gasteiger charge is -2.27. The summed E-state index contributed by atoms with van der Waals surface area (Å²) in [6.45, 7) is 5.50. The number of phenolic OH excluding ortho intramolecular Hbond substituents is 1. The van der Waals surface area contributed by atoms with Crippen LogP contribution in [0.5, 0.6) is 17.2 Å². The zero-order valence-corrected chi connectivity index (χ0v) is 17.1. The normalized spacial score (nSPS) is 16.7. The summed E-state index contributed by atoms with van der Waals surface area (Å²) in [5.74, 6) is 1.48. The zero-order chi connectivity index (χ0) is 20.7. The molecule has 1 N–H and O–H groups in total. The number of likely N-dealkylation sites (tertiary alicyclic amines) is 1. The van der Waals surface area contributed by atoms with Crippen LogP contribution in [0.3, 0.4) is 0 Å². The lowest BCUT2D eigenvalue weighted by Crippen LogP contribution is -2.29. The molecule has 3 heterocycles. The predicted octanol–water partition coefficient (Wildman–Crippen LogP) is 4.23. The summed E-state index contributed by atoms with van der Waals surface area (Å²) in [5.41, 5.74) is 2.82. The van der Waals surface area contributed by atoms with Crippen LogP contribution in [-0.4, -0.2) is 36.3 Å². The molecule has 0 radical (unpaired) electrons. The highest BCUT2D eigenvalue weighted by atomic mass is 16.6. The molecule has 1 fully saturated rings. The minimum absolute atomic E-state index is 0.169. The number of rotatable bonds is 3. The summed E-state index contributed by atoms with van der Waals surface area (Å²) in [6, 6.07) is 9.03. The van der Waals surface area contributed by atoms with Crippen molar-refractivity contribution in [1.82, 2.24) is 4.90 Å². The summed E-state index contributed by atoms with van der Waals surface area (Å²) in [7, 11) is 0. The second-order valence-electron chi connectivity index (χ2n) is 8.02. The highest BCUT2D eigenvalue weighted by molar-refractivity contribution is 5.90. The Labute approximate surface area is 174 Å². The molecule has 1 saturated heterocycles. The smallest absolute Gasteiger partial charge is 0.344 e. The van der Waals surface area contributed by atoms with Crippen molar-refractivity contribution < 1.29 is 19.0 Å². The van der Waals surface area contributed by atoms with Crippen molar-refractivity contribution in [1.29, 1.82) is 0 Å². The number of hydrogen-bond acceptors (Lipinski definition) is 6. The number of fused-ring (bicyclic) bond motifs is 2. The van der Waals surface area contributed by atoms with Crippen LogP contribution in [0.1, 0.15) is 30.4 Å². The second kappa shape index (κ2) is 7.69. The van der Waals surface area contributed by atoms with E-state index in [1.807, 2.05) is 31.2 Å². The van der Waals surface area contributed by atoms with E-state index in [0.717, 1.165) is 42.4 Å². The molecule has 0 amide bonds. The van der Waals surface area contributed by atoms with Gasteiger partial charge in [-0.05, 0) is 68.2 Å². The average molecular weight is 407 g/mol. The van der Waals surface area contributed by atoms with Crippen LogP contribution in [0, 0.1) is 6.92 Å². The van der Waals surface area contributed by atoms with E-state index >= 15 is 0 Å². The van der Waals surface area contributed by atoms with Gasteiger partial charge in [-0.3, -0.25) is 4.90 Å². The molecule has 0 unspecified atom stereocenters. The molecular weight excluding hydrogens is 382 g/mol. The number of benzene rings is 2. The quantitative estimate of drug-likeness (QED) is 0.655. The van der Waals surface area contributed by atoms with E-state index in [1.165, 1.54) is 6.42 Å².